The molecule has 0 saturated heterocycles. The van der Waals surface area contributed by atoms with Crippen LogP contribution in [0.1, 0.15) is 20.8 Å². The molecule has 4 heteroatoms. The number of hydrogen-bond donors (Lipinski definition) is 0. The highest BCUT2D eigenvalue weighted by Gasteiger charge is 2.23. The second-order valence-electron chi connectivity index (χ2n) is 4.83. The van der Waals surface area contributed by atoms with Crippen LogP contribution in [0.5, 0.6) is 0 Å². The number of para-hydroxylation sites is 1. The summed E-state index contributed by atoms with van der Waals surface area (Å²) in [7, 11) is 1.97. The van der Waals surface area contributed by atoms with Crippen molar-refractivity contribution in [3.63, 3.8) is 0 Å². The maximum atomic E-state index is 11.8. The molecule has 0 spiro atoms. The van der Waals surface area contributed by atoms with E-state index in [4.69, 9.17) is 4.74 Å². The molecule has 4 nitrogen and oxygen atoms in total. The third-order valence-corrected chi connectivity index (χ3v) is 3.49. The fraction of sp³-hybridized carbons (Fsp3) is 0.312. The molecule has 0 saturated carbocycles. The zero-order valence-electron chi connectivity index (χ0n) is 12.3. The van der Waals surface area contributed by atoms with Gasteiger partial charge in [0.1, 0.15) is 5.76 Å². The van der Waals surface area contributed by atoms with Gasteiger partial charge in [-0.1, -0.05) is 18.2 Å². The Morgan fingerprint density at radius 3 is 2.45 bits per heavy atom. The van der Waals surface area contributed by atoms with Crippen LogP contribution in [0.2, 0.25) is 0 Å². The van der Waals surface area contributed by atoms with E-state index in [1.54, 1.807) is 18.0 Å². The summed E-state index contributed by atoms with van der Waals surface area (Å²) < 4.78 is 5.73. The van der Waals surface area contributed by atoms with Crippen molar-refractivity contribution in [1.29, 1.82) is 0 Å². The third-order valence-electron chi connectivity index (χ3n) is 3.49. The second-order valence-corrected chi connectivity index (χ2v) is 4.83. The number of hydrogen-bond acceptors (Lipinski definition) is 3. The van der Waals surface area contributed by atoms with E-state index in [2.05, 4.69) is 0 Å². The van der Waals surface area contributed by atoms with Gasteiger partial charge >= 0.3 is 0 Å². The van der Waals surface area contributed by atoms with Crippen molar-refractivity contribution >= 4 is 11.6 Å². The van der Waals surface area contributed by atoms with Crippen LogP contribution in [0.15, 0.2) is 54.1 Å². The molecular weight excluding hydrogens is 252 g/mol. The van der Waals surface area contributed by atoms with Gasteiger partial charge in [0.25, 0.3) is 0 Å². The first kappa shape index (κ1) is 14.2. The first-order valence-electron chi connectivity index (χ1n) is 6.61. The number of rotatable bonds is 3. The van der Waals surface area contributed by atoms with Crippen molar-refractivity contribution in [2.45, 2.75) is 27.0 Å². The molecule has 0 fully saturated rings. The van der Waals surface area contributed by atoms with E-state index in [0.29, 0.717) is 0 Å². The summed E-state index contributed by atoms with van der Waals surface area (Å²) in [6, 6.07) is 9.55. The zero-order chi connectivity index (χ0) is 14.7. The van der Waals surface area contributed by atoms with Gasteiger partial charge in [0.2, 0.25) is 5.91 Å². The van der Waals surface area contributed by atoms with Crippen molar-refractivity contribution in [2.24, 2.45) is 0 Å². The van der Waals surface area contributed by atoms with E-state index in [0.717, 1.165) is 17.1 Å². The second kappa shape index (κ2) is 5.82. The SMILES string of the molecule is CC(=O)N(C=CC1OC(C)=C(C)N1C)c1ccccc1. The fourth-order valence-corrected chi connectivity index (χ4v) is 2.07. The summed E-state index contributed by atoms with van der Waals surface area (Å²) in [4.78, 5) is 15.4. The first-order valence-corrected chi connectivity index (χ1v) is 6.61. The quantitative estimate of drug-likeness (QED) is 0.847. The number of ether oxygens (including phenoxy) is 1. The highest BCUT2D eigenvalue weighted by Crippen LogP contribution is 2.24. The predicted molar refractivity (Wildman–Crippen MR) is 79.8 cm³/mol. The molecule has 1 atom stereocenters. The summed E-state index contributed by atoms with van der Waals surface area (Å²) in [5.74, 6) is 0.880. The fourth-order valence-electron chi connectivity index (χ4n) is 2.07. The molecule has 1 heterocycles. The minimum Gasteiger partial charge on any atom is -0.470 e. The molecule has 0 N–H and O–H groups in total. The van der Waals surface area contributed by atoms with Gasteiger partial charge in [-0.05, 0) is 32.1 Å². The van der Waals surface area contributed by atoms with Crippen LogP contribution in [0.3, 0.4) is 0 Å². The maximum Gasteiger partial charge on any atom is 0.227 e. The third kappa shape index (κ3) is 2.85. The van der Waals surface area contributed by atoms with Crippen LogP contribution in [0, 0.1) is 0 Å². The lowest BCUT2D eigenvalue weighted by Gasteiger charge is -2.21. The summed E-state index contributed by atoms with van der Waals surface area (Å²) in [5.41, 5.74) is 1.95. The van der Waals surface area contributed by atoms with Gasteiger partial charge in [0.15, 0.2) is 6.23 Å². The molecule has 0 bridgehead atoms. The van der Waals surface area contributed by atoms with Crippen molar-refractivity contribution < 1.29 is 9.53 Å². The van der Waals surface area contributed by atoms with Crippen molar-refractivity contribution in [3.8, 4) is 0 Å². The lowest BCUT2D eigenvalue weighted by atomic mass is 10.3. The molecule has 1 aliphatic heterocycles. The van der Waals surface area contributed by atoms with Crippen LogP contribution >= 0.6 is 0 Å². The van der Waals surface area contributed by atoms with E-state index in [-0.39, 0.29) is 12.1 Å². The minimum atomic E-state index is -0.166. The molecular formula is C16H20N2O2. The summed E-state index contributed by atoms with van der Waals surface area (Å²) in [6.45, 7) is 5.51. The highest BCUT2D eigenvalue weighted by molar-refractivity contribution is 5.93. The first-order chi connectivity index (χ1) is 9.50. The Bertz CT molecular complexity index is 549. The number of nitrogens with zero attached hydrogens (tertiary/aromatic N) is 2. The number of carbonyl (C=O) groups excluding carboxylic acids is 1. The molecule has 106 valence electrons. The molecule has 1 aliphatic rings. The number of carbonyl (C=O) groups is 1. The van der Waals surface area contributed by atoms with Crippen molar-refractivity contribution in [2.75, 3.05) is 11.9 Å². The number of allylic oxidation sites excluding steroid dienone is 2. The van der Waals surface area contributed by atoms with Gasteiger partial charge in [0.05, 0.1) is 5.70 Å². The summed E-state index contributed by atoms with van der Waals surface area (Å²) in [5, 5.41) is 0. The normalized spacial score (nSPS) is 18.6. The molecule has 0 radical (unpaired) electrons. The zero-order valence-corrected chi connectivity index (χ0v) is 12.3. The molecule has 0 aliphatic carbocycles. The summed E-state index contributed by atoms with van der Waals surface area (Å²) in [6.07, 6.45) is 3.49. The lowest BCUT2D eigenvalue weighted by molar-refractivity contribution is -0.116. The Hall–Kier alpha value is -2.23. The van der Waals surface area contributed by atoms with Crippen LogP contribution < -0.4 is 4.90 Å². The predicted octanol–water partition coefficient (Wildman–Crippen LogP) is 3.09. The Morgan fingerprint density at radius 2 is 1.95 bits per heavy atom. The maximum absolute atomic E-state index is 11.8. The monoisotopic (exact) mass is 272 g/mol. The number of anilines is 1. The average Bonchev–Trinajstić information content (AvgIpc) is 2.67. The van der Waals surface area contributed by atoms with Gasteiger partial charge in [-0.25, -0.2) is 0 Å². The Balaban J connectivity index is 2.15. The van der Waals surface area contributed by atoms with Crippen LogP contribution in [0.25, 0.3) is 0 Å². The molecule has 0 aromatic heterocycles. The van der Waals surface area contributed by atoms with Crippen molar-refractivity contribution in [1.82, 2.24) is 4.90 Å². The van der Waals surface area contributed by atoms with Gasteiger partial charge in [0, 0.05) is 25.9 Å². The van der Waals surface area contributed by atoms with E-state index in [1.165, 1.54) is 0 Å². The topological polar surface area (TPSA) is 32.8 Å². The molecule has 20 heavy (non-hydrogen) atoms. The number of likely N-dealkylation sites (N-methyl/N-ethyl adjacent to an activating group) is 1. The largest absolute Gasteiger partial charge is 0.470 e. The molecule has 1 amide bonds. The number of benzene rings is 1. The van der Waals surface area contributed by atoms with Crippen LogP contribution in [-0.2, 0) is 9.53 Å². The lowest BCUT2D eigenvalue weighted by Crippen LogP contribution is -2.27. The van der Waals surface area contributed by atoms with E-state index < -0.39 is 0 Å². The van der Waals surface area contributed by atoms with Crippen LogP contribution in [0.4, 0.5) is 5.69 Å². The molecule has 1 unspecified atom stereocenters. The van der Waals surface area contributed by atoms with Gasteiger partial charge in [-0.15, -0.1) is 0 Å². The summed E-state index contributed by atoms with van der Waals surface area (Å²) >= 11 is 0. The van der Waals surface area contributed by atoms with Gasteiger partial charge in [-0.3, -0.25) is 9.69 Å². The Labute approximate surface area is 119 Å². The smallest absolute Gasteiger partial charge is 0.227 e. The van der Waals surface area contributed by atoms with E-state index in [9.17, 15) is 4.79 Å². The Morgan fingerprint density at radius 1 is 1.30 bits per heavy atom. The van der Waals surface area contributed by atoms with E-state index in [1.807, 2.05) is 62.2 Å². The Kier molecular flexibility index (Phi) is 4.13. The molecule has 1 aromatic rings. The average molecular weight is 272 g/mol. The van der Waals surface area contributed by atoms with Crippen LogP contribution in [-0.4, -0.2) is 24.1 Å². The van der Waals surface area contributed by atoms with Gasteiger partial charge < -0.3 is 9.64 Å². The minimum absolute atomic E-state index is 0.0329. The molecule has 1 aromatic carbocycles. The highest BCUT2D eigenvalue weighted by atomic mass is 16.5. The molecule has 2 rings (SSSR count). The van der Waals surface area contributed by atoms with Crippen molar-refractivity contribution in [3.05, 3.63) is 54.1 Å². The van der Waals surface area contributed by atoms with E-state index >= 15 is 0 Å². The van der Waals surface area contributed by atoms with Gasteiger partial charge in [-0.2, -0.15) is 0 Å². The standard InChI is InChI=1S/C16H20N2O2/c1-12-13(2)20-16(17(12)4)10-11-18(14(3)19)15-8-6-5-7-9-15/h5-11,16H,1-4H3. The number of amides is 1.